The molecule has 3 aromatic carbocycles. The molecular weight excluding hydrogens is 565 g/mol. The van der Waals surface area contributed by atoms with E-state index in [-0.39, 0.29) is 18.2 Å². The Bertz CT molecular complexity index is 1350. The SMILES string of the molecule is CCOc1cc(/C=C2\N=C(c3ccc(C(C)C)cc3)OC2=O)cc(Br)c1OCc1ccc(Cl)c(Cl)c1. The van der Waals surface area contributed by atoms with Crippen LogP contribution in [0.1, 0.15) is 48.9 Å². The van der Waals surface area contributed by atoms with Gasteiger partial charge in [-0.25, -0.2) is 9.79 Å². The molecule has 36 heavy (non-hydrogen) atoms. The Hall–Kier alpha value is -2.80. The molecule has 0 radical (unpaired) electrons. The van der Waals surface area contributed by atoms with E-state index in [1.807, 2.05) is 43.3 Å². The minimum Gasteiger partial charge on any atom is -0.490 e. The standard InChI is InChI=1S/C28H24BrCl2NO4/c1-4-34-25-14-18(11-21(29)26(25)35-15-17-5-10-22(30)23(31)12-17)13-24-28(33)36-27(32-24)20-8-6-19(7-9-20)16(2)3/h5-14,16H,4,15H2,1-3H3/b24-13-. The van der Waals surface area contributed by atoms with Crippen molar-refractivity contribution < 1.29 is 19.0 Å². The first-order valence-electron chi connectivity index (χ1n) is 11.4. The van der Waals surface area contributed by atoms with Gasteiger partial charge in [0.05, 0.1) is 21.1 Å². The van der Waals surface area contributed by atoms with Gasteiger partial charge < -0.3 is 14.2 Å². The van der Waals surface area contributed by atoms with Gasteiger partial charge in [0.15, 0.2) is 17.2 Å². The minimum atomic E-state index is -0.507. The van der Waals surface area contributed by atoms with E-state index >= 15 is 0 Å². The summed E-state index contributed by atoms with van der Waals surface area (Å²) in [5.41, 5.74) is 3.73. The third-order valence-corrected chi connectivity index (χ3v) is 6.78. The minimum absolute atomic E-state index is 0.205. The van der Waals surface area contributed by atoms with Gasteiger partial charge in [0.25, 0.3) is 0 Å². The van der Waals surface area contributed by atoms with Crippen molar-refractivity contribution in [3.63, 3.8) is 0 Å². The van der Waals surface area contributed by atoms with Crippen LogP contribution in [0.3, 0.4) is 0 Å². The fourth-order valence-corrected chi connectivity index (χ4v) is 4.46. The van der Waals surface area contributed by atoms with Crippen molar-refractivity contribution in [2.45, 2.75) is 33.3 Å². The number of halogens is 3. The number of cyclic esters (lactones) is 1. The predicted octanol–water partition coefficient (Wildman–Crippen LogP) is 8.20. The highest BCUT2D eigenvalue weighted by Gasteiger charge is 2.24. The molecule has 8 heteroatoms. The topological polar surface area (TPSA) is 57.1 Å². The van der Waals surface area contributed by atoms with Gasteiger partial charge in [0, 0.05) is 5.56 Å². The van der Waals surface area contributed by atoms with E-state index < -0.39 is 5.97 Å². The van der Waals surface area contributed by atoms with Crippen molar-refractivity contribution in [3.05, 3.63) is 97.1 Å². The third-order valence-electron chi connectivity index (χ3n) is 5.45. The molecule has 1 aliphatic rings. The van der Waals surface area contributed by atoms with Crippen LogP contribution in [0, 0.1) is 0 Å². The third kappa shape index (κ3) is 6.12. The molecule has 0 spiro atoms. The highest BCUT2D eigenvalue weighted by molar-refractivity contribution is 9.10. The second-order valence-electron chi connectivity index (χ2n) is 8.41. The summed E-state index contributed by atoms with van der Waals surface area (Å²) in [7, 11) is 0. The van der Waals surface area contributed by atoms with Crippen molar-refractivity contribution >= 4 is 57.1 Å². The number of carbonyl (C=O) groups excluding carboxylic acids is 1. The lowest BCUT2D eigenvalue weighted by Crippen LogP contribution is -2.05. The maximum Gasteiger partial charge on any atom is 0.363 e. The summed E-state index contributed by atoms with van der Waals surface area (Å²) < 4.78 is 17.9. The Labute approximate surface area is 228 Å². The summed E-state index contributed by atoms with van der Waals surface area (Å²) in [6, 6.07) is 16.8. The smallest absolute Gasteiger partial charge is 0.363 e. The molecule has 0 fully saturated rings. The van der Waals surface area contributed by atoms with Gasteiger partial charge in [0.2, 0.25) is 5.90 Å². The van der Waals surface area contributed by atoms with E-state index in [0.29, 0.717) is 44.1 Å². The van der Waals surface area contributed by atoms with Crippen LogP contribution in [0.15, 0.2) is 69.8 Å². The maximum atomic E-state index is 12.5. The summed E-state index contributed by atoms with van der Waals surface area (Å²) in [5, 5.41) is 0.945. The van der Waals surface area contributed by atoms with Crippen molar-refractivity contribution in [2.24, 2.45) is 4.99 Å². The van der Waals surface area contributed by atoms with E-state index in [0.717, 1.165) is 11.1 Å². The first-order valence-corrected chi connectivity index (χ1v) is 13.0. The molecule has 0 saturated heterocycles. The predicted molar refractivity (Wildman–Crippen MR) is 147 cm³/mol. The largest absolute Gasteiger partial charge is 0.490 e. The van der Waals surface area contributed by atoms with E-state index in [4.69, 9.17) is 37.4 Å². The highest BCUT2D eigenvalue weighted by atomic mass is 79.9. The van der Waals surface area contributed by atoms with Crippen molar-refractivity contribution in [1.29, 1.82) is 0 Å². The van der Waals surface area contributed by atoms with Crippen LogP contribution in [0.2, 0.25) is 10.0 Å². The fourth-order valence-electron chi connectivity index (χ4n) is 3.56. The molecule has 0 unspecified atom stereocenters. The zero-order chi connectivity index (χ0) is 25.8. The quantitative estimate of drug-likeness (QED) is 0.196. The van der Waals surface area contributed by atoms with Crippen molar-refractivity contribution in [2.75, 3.05) is 6.61 Å². The molecule has 0 N–H and O–H groups in total. The molecule has 3 aromatic rings. The van der Waals surface area contributed by atoms with Gasteiger partial charge in [-0.05, 0) is 87.9 Å². The van der Waals surface area contributed by atoms with Crippen molar-refractivity contribution in [1.82, 2.24) is 0 Å². The summed E-state index contributed by atoms with van der Waals surface area (Å²) >= 11 is 15.7. The zero-order valence-electron chi connectivity index (χ0n) is 20.0. The number of esters is 1. The van der Waals surface area contributed by atoms with Crippen LogP contribution in [-0.4, -0.2) is 18.5 Å². The van der Waals surface area contributed by atoms with Gasteiger partial charge in [0.1, 0.15) is 6.61 Å². The number of carbonyl (C=O) groups is 1. The summed E-state index contributed by atoms with van der Waals surface area (Å²) in [6.07, 6.45) is 1.66. The second-order valence-corrected chi connectivity index (χ2v) is 10.1. The van der Waals surface area contributed by atoms with E-state index in [1.54, 1.807) is 24.3 Å². The summed E-state index contributed by atoms with van der Waals surface area (Å²) in [4.78, 5) is 16.9. The first-order chi connectivity index (χ1) is 17.2. The Morgan fingerprint density at radius 3 is 2.44 bits per heavy atom. The monoisotopic (exact) mass is 587 g/mol. The van der Waals surface area contributed by atoms with Crippen LogP contribution in [0.25, 0.3) is 6.08 Å². The van der Waals surface area contributed by atoms with E-state index in [1.165, 1.54) is 5.56 Å². The van der Waals surface area contributed by atoms with Gasteiger partial charge in [-0.1, -0.05) is 55.2 Å². The van der Waals surface area contributed by atoms with Crippen LogP contribution in [0.4, 0.5) is 0 Å². The average molecular weight is 589 g/mol. The normalized spacial score (nSPS) is 14.2. The number of rotatable bonds is 8. The van der Waals surface area contributed by atoms with Gasteiger partial charge in [-0.2, -0.15) is 0 Å². The number of aliphatic imine (C=N–C) groups is 1. The number of nitrogens with zero attached hydrogens (tertiary/aromatic N) is 1. The van der Waals surface area contributed by atoms with Gasteiger partial charge in [-0.3, -0.25) is 0 Å². The van der Waals surface area contributed by atoms with Crippen molar-refractivity contribution in [3.8, 4) is 11.5 Å². The lowest BCUT2D eigenvalue weighted by Gasteiger charge is -2.15. The molecule has 0 saturated carbocycles. The van der Waals surface area contributed by atoms with Crippen LogP contribution < -0.4 is 9.47 Å². The number of ether oxygens (including phenoxy) is 3. The Kier molecular flexibility index (Phi) is 8.39. The molecule has 1 aliphatic heterocycles. The zero-order valence-corrected chi connectivity index (χ0v) is 23.1. The molecule has 0 amide bonds. The Morgan fingerprint density at radius 1 is 1.03 bits per heavy atom. The molecule has 0 aromatic heterocycles. The highest BCUT2D eigenvalue weighted by Crippen LogP contribution is 2.38. The van der Waals surface area contributed by atoms with E-state index in [2.05, 4.69) is 34.8 Å². The Balaban J connectivity index is 1.58. The molecule has 0 atom stereocenters. The molecule has 1 heterocycles. The lowest BCUT2D eigenvalue weighted by atomic mass is 10.0. The van der Waals surface area contributed by atoms with Gasteiger partial charge in [-0.15, -0.1) is 0 Å². The van der Waals surface area contributed by atoms with Gasteiger partial charge >= 0.3 is 5.97 Å². The summed E-state index contributed by atoms with van der Waals surface area (Å²) in [5.74, 6) is 1.25. The molecule has 4 rings (SSSR count). The number of benzene rings is 3. The molecule has 0 aliphatic carbocycles. The van der Waals surface area contributed by atoms with Crippen LogP contribution in [-0.2, 0) is 16.1 Å². The maximum absolute atomic E-state index is 12.5. The first kappa shape index (κ1) is 26.3. The molecular formula is C28H24BrCl2NO4. The fraction of sp³-hybridized carbons (Fsp3) is 0.214. The Morgan fingerprint density at radius 2 is 1.78 bits per heavy atom. The lowest BCUT2D eigenvalue weighted by molar-refractivity contribution is -0.129. The summed E-state index contributed by atoms with van der Waals surface area (Å²) in [6.45, 7) is 6.84. The van der Waals surface area contributed by atoms with Crippen LogP contribution >= 0.6 is 39.1 Å². The molecule has 5 nitrogen and oxygen atoms in total. The average Bonchev–Trinajstić information content (AvgIpc) is 3.21. The molecule has 0 bridgehead atoms. The van der Waals surface area contributed by atoms with Crippen LogP contribution in [0.5, 0.6) is 11.5 Å². The number of hydrogen-bond acceptors (Lipinski definition) is 5. The molecule has 186 valence electrons. The second kappa shape index (κ2) is 11.5. The van der Waals surface area contributed by atoms with E-state index in [9.17, 15) is 4.79 Å². The number of hydrogen-bond donors (Lipinski definition) is 0.